The average molecular weight is 198 g/mol. The van der Waals surface area contributed by atoms with Gasteiger partial charge in [0.1, 0.15) is 0 Å². The minimum Gasteiger partial charge on any atom is -0.395 e. The van der Waals surface area contributed by atoms with Gasteiger partial charge in [0, 0.05) is 12.0 Å². The maximum absolute atomic E-state index is 9.02. The molecule has 1 rings (SSSR count). The predicted molar refractivity (Wildman–Crippen MR) is 55.0 cm³/mol. The lowest BCUT2D eigenvalue weighted by atomic mass is 10.4. The Balaban J connectivity index is 2.46. The first-order chi connectivity index (χ1) is 6.36. The number of rotatable bonds is 5. The van der Waals surface area contributed by atoms with Crippen LogP contribution in [0.2, 0.25) is 0 Å². The zero-order valence-corrected chi connectivity index (χ0v) is 8.46. The molecule has 0 saturated carbocycles. The van der Waals surface area contributed by atoms with E-state index in [1.54, 1.807) is 18.9 Å². The van der Waals surface area contributed by atoms with Gasteiger partial charge in [-0.3, -0.25) is 0 Å². The van der Waals surface area contributed by atoms with Crippen LogP contribution in [0.15, 0.2) is 35.2 Å². The SMILES string of the molecule is COCC(CO)Sc1ccccc1. The van der Waals surface area contributed by atoms with Gasteiger partial charge in [-0.2, -0.15) is 0 Å². The standard InChI is InChI=1S/C10H14O2S/c1-12-8-10(7-11)13-9-5-3-2-4-6-9/h2-6,10-11H,7-8H2,1H3. The molecule has 0 fully saturated rings. The lowest BCUT2D eigenvalue weighted by Gasteiger charge is -2.11. The molecule has 0 saturated heterocycles. The number of aliphatic hydroxyl groups excluding tert-OH is 1. The zero-order chi connectivity index (χ0) is 9.52. The molecule has 0 bridgehead atoms. The van der Waals surface area contributed by atoms with E-state index in [0.717, 1.165) is 0 Å². The molecule has 1 atom stereocenters. The maximum atomic E-state index is 9.02. The summed E-state index contributed by atoms with van der Waals surface area (Å²) >= 11 is 1.64. The lowest BCUT2D eigenvalue weighted by Crippen LogP contribution is -2.14. The Hall–Kier alpha value is -0.510. The van der Waals surface area contributed by atoms with Crippen LogP contribution in [-0.4, -0.2) is 30.7 Å². The van der Waals surface area contributed by atoms with Gasteiger partial charge in [-0.05, 0) is 12.1 Å². The van der Waals surface area contributed by atoms with Crippen LogP contribution in [-0.2, 0) is 4.74 Å². The maximum Gasteiger partial charge on any atom is 0.0607 e. The number of ether oxygens (including phenoxy) is 1. The van der Waals surface area contributed by atoms with Crippen molar-refractivity contribution in [3.8, 4) is 0 Å². The number of methoxy groups -OCH3 is 1. The number of hydrogen-bond acceptors (Lipinski definition) is 3. The molecule has 0 spiro atoms. The van der Waals surface area contributed by atoms with Crippen molar-refractivity contribution in [3.05, 3.63) is 30.3 Å². The molecule has 0 amide bonds. The van der Waals surface area contributed by atoms with Crippen LogP contribution in [0.4, 0.5) is 0 Å². The summed E-state index contributed by atoms with van der Waals surface area (Å²) in [6.07, 6.45) is 0. The van der Waals surface area contributed by atoms with E-state index in [1.807, 2.05) is 30.3 Å². The monoisotopic (exact) mass is 198 g/mol. The van der Waals surface area contributed by atoms with E-state index in [4.69, 9.17) is 9.84 Å². The molecule has 1 aromatic rings. The highest BCUT2D eigenvalue weighted by atomic mass is 32.2. The van der Waals surface area contributed by atoms with Crippen molar-refractivity contribution in [3.63, 3.8) is 0 Å². The van der Waals surface area contributed by atoms with Gasteiger partial charge in [-0.25, -0.2) is 0 Å². The van der Waals surface area contributed by atoms with E-state index in [9.17, 15) is 0 Å². The molecule has 0 aliphatic carbocycles. The molecular weight excluding hydrogens is 184 g/mol. The lowest BCUT2D eigenvalue weighted by molar-refractivity contribution is 0.172. The molecular formula is C10H14O2S. The molecule has 1 aromatic carbocycles. The quantitative estimate of drug-likeness (QED) is 0.731. The van der Waals surface area contributed by atoms with Crippen LogP contribution < -0.4 is 0 Å². The number of hydrogen-bond donors (Lipinski definition) is 1. The first-order valence-electron chi connectivity index (χ1n) is 4.18. The van der Waals surface area contributed by atoms with E-state index in [-0.39, 0.29) is 11.9 Å². The van der Waals surface area contributed by atoms with Gasteiger partial charge >= 0.3 is 0 Å². The highest BCUT2D eigenvalue weighted by molar-refractivity contribution is 8.00. The summed E-state index contributed by atoms with van der Waals surface area (Å²) in [6.45, 7) is 0.726. The largest absolute Gasteiger partial charge is 0.395 e. The van der Waals surface area contributed by atoms with Crippen LogP contribution in [0.25, 0.3) is 0 Å². The second-order valence-corrected chi connectivity index (χ2v) is 4.06. The van der Waals surface area contributed by atoms with Crippen LogP contribution in [0.1, 0.15) is 0 Å². The molecule has 0 radical (unpaired) electrons. The van der Waals surface area contributed by atoms with Crippen LogP contribution in [0, 0.1) is 0 Å². The van der Waals surface area contributed by atoms with Crippen molar-refractivity contribution in [1.82, 2.24) is 0 Å². The third-order valence-electron chi connectivity index (χ3n) is 1.60. The Morgan fingerprint density at radius 3 is 2.62 bits per heavy atom. The van der Waals surface area contributed by atoms with Gasteiger partial charge < -0.3 is 9.84 Å². The summed E-state index contributed by atoms with van der Waals surface area (Å²) in [5.41, 5.74) is 0. The fourth-order valence-electron chi connectivity index (χ4n) is 1.00. The minimum absolute atomic E-state index is 0.132. The predicted octanol–water partition coefficient (Wildman–Crippen LogP) is 1.79. The van der Waals surface area contributed by atoms with E-state index < -0.39 is 0 Å². The molecule has 0 heterocycles. The Labute approximate surface area is 82.9 Å². The number of aliphatic hydroxyl groups is 1. The summed E-state index contributed by atoms with van der Waals surface area (Å²) in [4.78, 5) is 1.17. The third-order valence-corrected chi connectivity index (χ3v) is 2.76. The first-order valence-corrected chi connectivity index (χ1v) is 5.06. The molecule has 1 N–H and O–H groups in total. The van der Waals surface area contributed by atoms with Gasteiger partial charge in [0.2, 0.25) is 0 Å². The van der Waals surface area contributed by atoms with Crippen molar-refractivity contribution in [1.29, 1.82) is 0 Å². The van der Waals surface area contributed by atoms with Gasteiger partial charge in [0.05, 0.1) is 18.5 Å². The summed E-state index contributed by atoms with van der Waals surface area (Å²) in [5.74, 6) is 0. The van der Waals surface area contributed by atoms with Crippen LogP contribution in [0.3, 0.4) is 0 Å². The summed E-state index contributed by atoms with van der Waals surface area (Å²) in [5, 5.41) is 9.15. The summed E-state index contributed by atoms with van der Waals surface area (Å²) < 4.78 is 4.99. The smallest absolute Gasteiger partial charge is 0.0607 e. The van der Waals surface area contributed by atoms with Crippen molar-refractivity contribution in [2.24, 2.45) is 0 Å². The van der Waals surface area contributed by atoms with E-state index in [1.165, 1.54) is 4.90 Å². The van der Waals surface area contributed by atoms with Gasteiger partial charge in [-0.1, -0.05) is 18.2 Å². The molecule has 13 heavy (non-hydrogen) atoms. The number of benzene rings is 1. The molecule has 2 nitrogen and oxygen atoms in total. The summed E-state index contributed by atoms with van der Waals surface area (Å²) in [7, 11) is 1.65. The second-order valence-electron chi connectivity index (χ2n) is 2.69. The normalized spacial score (nSPS) is 12.8. The van der Waals surface area contributed by atoms with Gasteiger partial charge in [0.15, 0.2) is 0 Å². The van der Waals surface area contributed by atoms with Crippen LogP contribution in [0.5, 0.6) is 0 Å². The van der Waals surface area contributed by atoms with Gasteiger partial charge in [-0.15, -0.1) is 11.8 Å². The number of thioether (sulfide) groups is 1. The van der Waals surface area contributed by atoms with E-state index >= 15 is 0 Å². The highest BCUT2D eigenvalue weighted by Crippen LogP contribution is 2.22. The summed E-state index contributed by atoms with van der Waals surface area (Å²) in [6, 6.07) is 10.0. The molecule has 0 aliphatic rings. The Bertz CT molecular complexity index is 226. The van der Waals surface area contributed by atoms with Gasteiger partial charge in [0.25, 0.3) is 0 Å². The van der Waals surface area contributed by atoms with Crippen molar-refractivity contribution in [2.75, 3.05) is 20.3 Å². The average Bonchev–Trinajstić information content (AvgIpc) is 2.19. The first kappa shape index (κ1) is 10.6. The zero-order valence-electron chi connectivity index (χ0n) is 7.64. The molecule has 3 heteroatoms. The van der Waals surface area contributed by atoms with Crippen molar-refractivity contribution >= 4 is 11.8 Å². The molecule has 0 aromatic heterocycles. The molecule has 72 valence electrons. The second kappa shape index (κ2) is 6.02. The van der Waals surface area contributed by atoms with Crippen molar-refractivity contribution in [2.45, 2.75) is 10.1 Å². The highest BCUT2D eigenvalue weighted by Gasteiger charge is 2.07. The molecule has 0 aliphatic heterocycles. The Morgan fingerprint density at radius 2 is 2.08 bits per heavy atom. The molecule has 1 unspecified atom stereocenters. The van der Waals surface area contributed by atoms with E-state index in [2.05, 4.69) is 0 Å². The topological polar surface area (TPSA) is 29.5 Å². The Kier molecular flexibility index (Phi) is 4.90. The van der Waals surface area contributed by atoms with Crippen LogP contribution >= 0.6 is 11.8 Å². The minimum atomic E-state index is 0.132. The van der Waals surface area contributed by atoms with Crippen molar-refractivity contribution < 1.29 is 9.84 Å². The van der Waals surface area contributed by atoms with E-state index in [0.29, 0.717) is 6.61 Å². The fourth-order valence-corrected chi connectivity index (χ4v) is 1.98. The Morgan fingerprint density at radius 1 is 1.38 bits per heavy atom. The third kappa shape index (κ3) is 3.81. The fraction of sp³-hybridized carbons (Fsp3) is 0.400.